The van der Waals surface area contributed by atoms with Crippen LogP contribution in [-0.2, 0) is 24.1 Å². The monoisotopic (exact) mass is 399 g/mol. The Morgan fingerprint density at radius 2 is 2.18 bits per heavy atom. The molecule has 7 heteroatoms. The average Bonchev–Trinajstić information content (AvgIpc) is 3.42. The van der Waals surface area contributed by atoms with Crippen LogP contribution in [0.15, 0.2) is 27.6 Å². The molecule has 0 bridgehead atoms. The molecule has 0 spiro atoms. The van der Waals surface area contributed by atoms with E-state index in [1.54, 1.807) is 22.2 Å². The Morgan fingerprint density at radius 3 is 3.00 bits per heavy atom. The second-order valence-corrected chi connectivity index (χ2v) is 8.75. The van der Waals surface area contributed by atoms with Crippen molar-refractivity contribution >= 4 is 27.5 Å². The number of anilines is 1. The summed E-state index contributed by atoms with van der Waals surface area (Å²) in [7, 11) is 0. The third kappa shape index (κ3) is 3.37. The number of nitrogens with one attached hydrogen (secondary N) is 1. The van der Waals surface area contributed by atoms with Gasteiger partial charge in [0.1, 0.15) is 10.6 Å². The van der Waals surface area contributed by atoms with Crippen molar-refractivity contribution in [3.05, 3.63) is 45.0 Å². The standard InChI is InChI=1S/C21H25N3O3S/c25-20-18-16-8-2-1-3-9-17(16)28-19(18)23-21(22-12-14-6-4-10-26-14)24(20)13-15-7-5-11-27-15/h5,7,11,14H,1-4,6,8-10,12-13H2,(H,22,23). The van der Waals surface area contributed by atoms with Crippen LogP contribution < -0.4 is 10.9 Å². The third-order valence-electron chi connectivity index (χ3n) is 5.73. The van der Waals surface area contributed by atoms with Crippen molar-refractivity contribution < 1.29 is 9.15 Å². The molecule has 1 atom stereocenters. The largest absolute Gasteiger partial charge is 0.467 e. The highest BCUT2D eigenvalue weighted by Gasteiger charge is 2.23. The van der Waals surface area contributed by atoms with Crippen LogP contribution in [0.25, 0.3) is 10.2 Å². The lowest BCUT2D eigenvalue weighted by atomic mass is 10.1. The normalized spacial score (nSPS) is 19.6. The predicted molar refractivity (Wildman–Crippen MR) is 110 cm³/mol. The van der Waals surface area contributed by atoms with Gasteiger partial charge in [0.15, 0.2) is 0 Å². The quantitative estimate of drug-likeness (QED) is 0.658. The molecule has 0 saturated carbocycles. The summed E-state index contributed by atoms with van der Waals surface area (Å²) in [5.74, 6) is 1.37. The highest BCUT2D eigenvalue weighted by atomic mass is 32.1. The number of hydrogen-bond donors (Lipinski definition) is 1. The summed E-state index contributed by atoms with van der Waals surface area (Å²) in [5.41, 5.74) is 1.27. The number of aromatic nitrogens is 2. The van der Waals surface area contributed by atoms with Crippen molar-refractivity contribution in [2.24, 2.45) is 0 Å². The molecule has 0 radical (unpaired) electrons. The van der Waals surface area contributed by atoms with E-state index in [9.17, 15) is 4.79 Å². The number of furan rings is 1. The fourth-order valence-corrected chi connectivity index (χ4v) is 5.52. The Morgan fingerprint density at radius 1 is 1.25 bits per heavy atom. The molecule has 1 unspecified atom stereocenters. The molecule has 1 aliphatic carbocycles. The Hall–Kier alpha value is -2.12. The number of fused-ring (bicyclic) bond motifs is 3. The van der Waals surface area contributed by atoms with Gasteiger partial charge in [0.05, 0.1) is 24.3 Å². The van der Waals surface area contributed by atoms with Crippen molar-refractivity contribution in [1.82, 2.24) is 9.55 Å². The van der Waals surface area contributed by atoms with E-state index in [1.165, 1.54) is 23.3 Å². The summed E-state index contributed by atoms with van der Waals surface area (Å²) in [6.45, 7) is 1.87. The van der Waals surface area contributed by atoms with Gasteiger partial charge in [-0.15, -0.1) is 11.3 Å². The lowest BCUT2D eigenvalue weighted by Gasteiger charge is -2.16. The minimum absolute atomic E-state index is 0.0376. The fraction of sp³-hybridized carbons (Fsp3) is 0.524. The van der Waals surface area contributed by atoms with Gasteiger partial charge in [-0.2, -0.15) is 0 Å². The average molecular weight is 400 g/mol. The van der Waals surface area contributed by atoms with Crippen LogP contribution in [0.4, 0.5) is 5.95 Å². The Labute approximate surface area is 167 Å². The maximum atomic E-state index is 13.5. The van der Waals surface area contributed by atoms with Crippen LogP contribution >= 0.6 is 11.3 Å². The SMILES string of the molecule is O=c1c2c3c(sc2nc(NCC2CCCO2)n1Cc1ccco1)CCCCC3. The van der Waals surface area contributed by atoms with Gasteiger partial charge in [-0.05, 0) is 56.2 Å². The van der Waals surface area contributed by atoms with Gasteiger partial charge in [0.25, 0.3) is 5.56 Å². The molecular weight excluding hydrogens is 374 g/mol. The van der Waals surface area contributed by atoms with Crippen LogP contribution in [-0.4, -0.2) is 28.8 Å². The van der Waals surface area contributed by atoms with E-state index in [-0.39, 0.29) is 11.7 Å². The molecule has 0 amide bonds. The molecule has 3 aromatic heterocycles. The molecule has 6 nitrogen and oxygen atoms in total. The maximum absolute atomic E-state index is 13.5. The molecule has 1 saturated heterocycles. The molecule has 1 fully saturated rings. The van der Waals surface area contributed by atoms with E-state index in [1.807, 2.05) is 12.1 Å². The van der Waals surface area contributed by atoms with Crippen LogP contribution in [0.3, 0.4) is 0 Å². The van der Waals surface area contributed by atoms with Gasteiger partial charge >= 0.3 is 0 Å². The Kier molecular flexibility index (Phi) is 4.94. The predicted octanol–water partition coefficient (Wildman–Crippen LogP) is 3.96. The number of thiophene rings is 1. The first kappa shape index (κ1) is 17.9. The first-order valence-electron chi connectivity index (χ1n) is 10.2. The lowest BCUT2D eigenvalue weighted by molar-refractivity contribution is 0.120. The first-order chi connectivity index (χ1) is 13.8. The van der Waals surface area contributed by atoms with E-state index in [2.05, 4.69) is 5.32 Å². The zero-order valence-corrected chi connectivity index (χ0v) is 16.7. The van der Waals surface area contributed by atoms with Crippen LogP contribution in [0.5, 0.6) is 0 Å². The minimum atomic E-state index is 0.0376. The van der Waals surface area contributed by atoms with Gasteiger partial charge in [-0.3, -0.25) is 9.36 Å². The topological polar surface area (TPSA) is 69.3 Å². The Balaban J connectivity index is 1.58. The summed E-state index contributed by atoms with van der Waals surface area (Å²) >= 11 is 1.70. The molecule has 148 valence electrons. The third-order valence-corrected chi connectivity index (χ3v) is 6.92. The number of hydrogen-bond acceptors (Lipinski definition) is 6. The molecule has 4 heterocycles. The van der Waals surface area contributed by atoms with E-state index >= 15 is 0 Å². The molecule has 0 aromatic carbocycles. The van der Waals surface area contributed by atoms with Crippen molar-refractivity contribution in [2.45, 2.75) is 57.6 Å². The van der Waals surface area contributed by atoms with E-state index in [0.717, 1.165) is 54.7 Å². The number of ether oxygens (including phenoxy) is 1. The van der Waals surface area contributed by atoms with Crippen LogP contribution in [0.1, 0.15) is 48.3 Å². The molecule has 2 aliphatic rings. The van der Waals surface area contributed by atoms with Crippen LogP contribution in [0, 0.1) is 0 Å². The van der Waals surface area contributed by atoms with Gasteiger partial charge in [-0.25, -0.2) is 4.98 Å². The second-order valence-electron chi connectivity index (χ2n) is 7.67. The summed E-state index contributed by atoms with van der Waals surface area (Å²) in [6, 6.07) is 3.75. The minimum Gasteiger partial charge on any atom is -0.467 e. The molecule has 28 heavy (non-hydrogen) atoms. The maximum Gasteiger partial charge on any atom is 0.264 e. The van der Waals surface area contributed by atoms with Gasteiger partial charge < -0.3 is 14.5 Å². The Bertz CT molecular complexity index is 1020. The van der Waals surface area contributed by atoms with Crippen molar-refractivity contribution in [3.8, 4) is 0 Å². The van der Waals surface area contributed by atoms with E-state index in [0.29, 0.717) is 19.0 Å². The summed E-state index contributed by atoms with van der Waals surface area (Å²) in [5, 5.41) is 4.20. The molecular formula is C21H25N3O3S. The highest BCUT2D eigenvalue weighted by Crippen LogP contribution is 2.33. The summed E-state index contributed by atoms with van der Waals surface area (Å²) < 4.78 is 13.0. The molecule has 1 aliphatic heterocycles. The molecule has 3 aromatic rings. The van der Waals surface area contributed by atoms with E-state index < -0.39 is 0 Å². The van der Waals surface area contributed by atoms with Crippen molar-refractivity contribution in [1.29, 1.82) is 0 Å². The van der Waals surface area contributed by atoms with Gasteiger partial charge in [0.2, 0.25) is 5.95 Å². The lowest BCUT2D eigenvalue weighted by Crippen LogP contribution is -2.28. The molecule has 1 N–H and O–H groups in total. The number of aryl methyl sites for hydroxylation is 2. The summed E-state index contributed by atoms with van der Waals surface area (Å²) in [6.07, 6.45) is 9.59. The molecule has 5 rings (SSSR count). The van der Waals surface area contributed by atoms with E-state index in [4.69, 9.17) is 14.1 Å². The van der Waals surface area contributed by atoms with Gasteiger partial charge in [-0.1, -0.05) is 6.42 Å². The first-order valence-corrected chi connectivity index (χ1v) is 11.0. The zero-order valence-electron chi connectivity index (χ0n) is 15.9. The van der Waals surface area contributed by atoms with Crippen LogP contribution in [0.2, 0.25) is 0 Å². The van der Waals surface area contributed by atoms with Crippen molar-refractivity contribution in [3.63, 3.8) is 0 Å². The second kappa shape index (κ2) is 7.72. The fourth-order valence-electron chi connectivity index (χ4n) is 4.27. The zero-order chi connectivity index (χ0) is 18.9. The smallest absolute Gasteiger partial charge is 0.264 e. The highest BCUT2D eigenvalue weighted by molar-refractivity contribution is 7.18. The number of nitrogens with zero attached hydrogens (tertiary/aromatic N) is 2. The number of rotatable bonds is 5. The van der Waals surface area contributed by atoms with Gasteiger partial charge in [0, 0.05) is 18.0 Å². The van der Waals surface area contributed by atoms with Crippen molar-refractivity contribution in [2.75, 3.05) is 18.5 Å². The summed E-state index contributed by atoms with van der Waals surface area (Å²) in [4.78, 5) is 20.6.